The maximum absolute atomic E-state index is 12.2. The van der Waals surface area contributed by atoms with Crippen LogP contribution >= 0.6 is 0 Å². The van der Waals surface area contributed by atoms with Crippen LogP contribution in [0.5, 0.6) is 0 Å². The van der Waals surface area contributed by atoms with Crippen LogP contribution in [0.25, 0.3) is 22.6 Å². The highest BCUT2D eigenvalue weighted by Crippen LogP contribution is 2.34. The summed E-state index contributed by atoms with van der Waals surface area (Å²) in [7, 11) is 0. The second kappa shape index (κ2) is 4.86. The highest BCUT2D eigenvalue weighted by atomic mass is 16.3. The minimum absolute atomic E-state index is 0.0325. The number of pyridine rings is 1. The van der Waals surface area contributed by atoms with Crippen molar-refractivity contribution in [3.05, 3.63) is 76.1 Å². The van der Waals surface area contributed by atoms with Crippen LogP contribution < -0.4 is 10.7 Å². The van der Waals surface area contributed by atoms with E-state index in [4.69, 9.17) is 0 Å². The van der Waals surface area contributed by atoms with Crippen LogP contribution in [0.3, 0.4) is 0 Å². The Kier molecular flexibility index (Phi) is 2.84. The molecule has 1 unspecified atom stereocenters. The van der Waals surface area contributed by atoms with Gasteiger partial charge in [-0.1, -0.05) is 30.3 Å². The third-order valence-electron chi connectivity index (χ3n) is 3.89. The summed E-state index contributed by atoms with van der Waals surface area (Å²) >= 11 is 0. The van der Waals surface area contributed by atoms with Crippen molar-refractivity contribution in [1.29, 1.82) is 0 Å². The van der Waals surface area contributed by atoms with E-state index >= 15 is 0 Å². The molecule has 4 nitrogen and oxygen atoms in total. The zero-order chi connectivity index (χ0) is 15.1. The van der Waals surface area contributed by atoms with Gasteiger partial charge in [0.25, 0.3) is 0 Å². The Morgan fingerprint density at radius 2 is 1.82 bits per heavy atom. The van der Waals surface area contributed by atoms with Crippen LogP contribution in [0.2, 0.25) is 0 Å². The van der Waals surface area contributed by atoms with E-state index in [1.807, 2.05) is 48.5 Å². The number of hydrogen-bond acceptors (Lipinski definition) is 3. The molecule has 0 spiro atoms. The number of benzene rings is 2. The molecule has 1 aromatic heterocycles. The number of aromatic amines is 1. The monoisotopic (exact) mass is 290 g/mol. The zero-order valence-electron chi connectivity index (χ0n) is 11.7. The SMILES string of the molecule is O=c1cc(C=C2c3ccccc3NC2O)[nH]c2ccccc12. The molecule has 0 amide bonds. The maximum Gasteiger partial charge on any atom is 0.189 e. The number of hydrogen-bond donors (Lipinski definition) is 3. The lowest BCUT2D eigenvalue weighted by molar-refractivity contribution is 0.266. The van der Waals surface area contributed by atoms with Crippen molar-refractivity contribution in [1.82, 2.24) is 4.98 Å². The Bertz CT molecular complexity index is 956. The van der Waals surface area contributed by atoms with Crippen LogP contribution in [-0.4, -0.2) is 16.3 Å². The first-order valence-electron chi connectivity index (χ1n) is 7.10. The standard InChI is InChI=1S/C18H14N2O2/c21-17-10-11(19-16-8-4-2-6-13(16)17)9-14-12-5-1-3-7-15(12)20-18(14)22/h1-10,18,20,22H,(H,19,21). The van der Waals surface area contributed by atoms with Gasteiger partial charge in [0.2, 0.25) is 0 Å². The molecule has 3 N–H and O–H groups in total. The second-order valence-electron chi connectivity index (χ2n) is 5.33. The summed E-state index contributed by atoms with van der Waals surface area (Å²) in [6, 6.07) is 16.7. The molecule has 0 bridgehead atoms. The molecule has 3 aromatic rings. The van der Waals surface area contributed by atoms with Gasteiger partial charge in [0.05, 0.1) is 0 Å². The number of rotatable bonds is 1. The van der Waals surface area contributed by atoms with E-state index in [1.165, 1.54) is 0 Å². The fourth-order valence-corrected chi connectivity index (χ4v) is 2.85. The Labute approximate surface area is 126 Å². The predicted octanol–water partition coefficient (Wildman–Crippen LogP) is 2.81. The molecule has 22 heavy (non-hydrogen) atoms. The van der Waals surface area contributed by atoms with E-state index < -0.39 is 6.23 Å². The number of nitrogens with one attached hydrogen (secondary N) is 2. The van der Waals surface area contributed by atoms with Crippen molar-refractivity contribution in [2.75, 3.05) is 5.32 Å². The third kappa shape index (κ3) is 2.01. The molecule has 1 atom stereocenters. The number of anilines is 1. The molecule has 0 aliphatic carbocycles. The lowest BCUT2D eigenvalue weighted by Crippen LogP contribution is -2.12. The number of aliphatic hydroxyl groups is 1. The van der Waals surface area contributed by atoms with Gasteiger partial charge in [-0.2, -0.15) is 0 Å². The molecule has 1 aliphatic heterocycles. The molecular formula is C18H14N2O2. The molecule has 2 aromatic carbocycles. The molecule has 0 saturated heterocycles. The zero-order valence-corrected chi connectivity index (χ0v) is 11.7. The first-order chi connectivity index (χ1) is 10.7. The third-order valence-corrected chi connectivity index (χ3v) is 3.89. The van der Waals surface area contributed by atoms with Gasteiger partial charge in [0.1, 0.15) is 0 Å². The lowest BCUT2D eigenvalue weighted by atomic mass is 10.1. The largest absolute Gasteiger partial charge is 0.369 e. The van der Waals surface area contributed by atoms with E-state index in [0.29, 0.717) is 11.1 Å². The number of para-hydroxylation sites is 2. The Balaban J connectivity index is 1.88. The van der Waals surface area contributed by atoms with Gasteiger partial charge in [0, 0.05) is 39.5 Å². The number of fused-ring (bicyclic) bond motifs is 2. The van der Waals surface area contributed by atoms with Crippen molar-refractivity contribution in [3.63, 3.8) is 0 Å². The summed E-state index contributed by atoms with van der Waals surface area (Å²) in [5.74, 6) is 0. The topological polar surface area (TPSA) is 65.1 Å². The number of aliphatic hydroxyl groups excluding tert-OH is 1. The Morgan fingerprint density at radius 3 is 2.73 bits per heavy atom. The fourth-order valence-electron chi connectivity index (χ4n) is 2.85. The Hall–Kier alpha value is -2.85. The summed E-state index contributed by atoms with van der Waals surface area (Å²) < 4.78 is 0. The summed E-state index contributed by atoms with van der Waals surface area (Å²) in [4.78, 5) is 15.4. The first-order valence-corrected chi connectivity index (χ1v) is 7.10. The quantitative estimate of drug-likeness (QED) is 0.645. The van der Waals surface area contributed by atoms with Crippen LogP contribution in [0.1, 0.15) is 11.3 Å². The minimum atomic E-state index is -0.771. The van der Waals surface area contributed by atoms with Crippen molar-refractivity contribution in [3.8, 4) is 0 Å². The van der Waals surface area contributed by atoms with Gasteiger partial charge >= 0.3 is 0 Å². The van der Waals surface area contributed by atoms with Crippen LogP contribution in [0.15, 0.2) is 59.4 Å². The average Bonchev–Trinajstić information content (AvgIpc) is 2.84. The minimum Gasteiger partial charge on any atom is -0.369 e. The molecular weight excluding hydrogens is 276 g/mol. The van der Waals surface area contributed by atoms with E-state index in [-0.39, 0.29) is 5.43 Å². The van der Waals surface area contributed by atoms with Gasteiger partial charge in [0.15, 0.2) is 11.7 Å². The summed E-state index contributed by atoms with van der Waals surface area (Å²) in [5.41, 5.74) is 4.02. The van der Waals surface area contributed by atoms with E-state index in [0.717, 1.165) is 22.3 Å². The first kappa shape index (κ1) is 12.9. The fraction of sp³-hybridized carbons (Fsp3) is 0.0556. The molecule has 4 heteroatoms. The van der Waals surface area contributed by atoms with Crippen molar-refractivity contribution < 1.29 is 5.11 Å². The van der Waals surface area contributed by atoms with Crippen LogP contribution in [0, 0.1) is 0 Å². The van der Waals surface area contributed by atoms with Gasteiger partial charge in [-0.05, 0) is 24.3 Å². The van der Waals surface area contributed by atoms with Crippen LogP contribution in [0.4, 0.5) is 5.69 Å². The van der Waals surface area contributed by atoms with Gasteiger partial charge in [-0.25, -0.2) is 0 Å². The summed E-state index contributed by atoms with van der Waals surface area (Å²) in [5, 5.41) is 13.9. The Morgan fingerprint density at radius 1 is 1.05 bits per heavy atom. The van der Waals surface area contributed by atoms with E-state index in [1.54, 1.807) is 12.1 Å². The van der Waals surface area contributed by atoms with E-state index in [2.05, 4.69) is 10.3 Å². The molecule has 4 rings (SSSR count). The normalized spacial score (nSPS) is 18.4. The molecule has 2 heterocycles. The second-order valence-corrected chi connectivity index (χ2v) is 5.33. The highest BCUT2D eigenvalue weighted by Gasteiger charge is 2.23. The summed E-state index contributed by atoms with van der Waals surface area (Å²) in [6.07, 6.45) is 1.05. The van der Waals surface area contributed by atoms with Gasteiger partial charge < -0.3 is 15.4 Å². The van der Waals surface area contributed by atoms with Gasteiger partial charge in [-0.15, -0.1) is 0 Å². The van der Waals surface area contributed by atoms with E-state index in [9.17, 15) is 9.90 Å². The molecule has 0 fully saturated rings. The molecule has 0 radical (unpaired) electrons. The molecule has 0 saturated carbocycles. The smallest absolute Gasteiger partial charge is 0.189 e. The highest BCUT2D eigenvalue weighted by molar-refractivity contribution is 5.94. The summed E-state index contributed by atoms with van der Waals surface area (Å²) in [6.45, 7) is 0. The predicted molar refractivity (Wildman–Crippen MR) is 88.5 cm³/mol. The molecule has 108 valence electrons. The van der Waals surface area contributed by atoms with Gasteiger partial charge in [-0.3, -0.25) is 4.79 Å². The van der Waals surface area contributed by atoms with Crippen molar-refractivity contribution >= 4 is 28.2 Å². The van der Waals surface area contributed by atoms with Crippen LogP contribution in [-0.2, 0) is 0 Å². The number of H-pyrrole nitrogens is 1. The molecule has 1 aliphatic rings. The number of aromatic nitrogens is 1. The average molecular weight is 290 g/mol. The lowest BCUT2D eigenvalue weighted by Gasteiger charge is -2.06. The van der Waals surface area contributed by atoms with Crippen molar-refractivity contribution in [2.24, 2.45) is 0 Å². The van der Waals surface area contributed by atoms with Crippen molar-refractivity contribution in [2.45, 2.75) is 6.23 Å². The maximum atomic E-state index is 12.2.